The first-order valence-corrected chi connectivity index (χ1v) is 11.6. The van der Waals surface area contributed by atoms with Crippen LogP contribution in [0, 0.1) is 5.82 Å². The van der Waals surface area contributed by atoms with E-state index in [0.29, 0.717) is 17.7 Å². The first kappa shape index (κ1) is 24.6. The van der Waals surface area contributed by atoms with Crippen LogP contribution in [0.5, 0.6) is 0 Å². The van der Waals surface area contributed by atoms with Gasteiger partial charge >= 0.3 is 0 Å². The van der Waals surface area contributed by atoms with E-state index < -0.39 is 10.0 Å². The summed E-state index contributed by atoms with van der Waals surface area (Å²) in [5.74, 6) is -0.609. The lowest BCUT2D eigenvalue weighted by Gasteiger charge is -2.26. The number of carbonyl (C=O) groups excluding carboxylic acids is 1. The minimum Gasteiger partial charge on any atom is -0.377 e. The molecule has 0 aliphatic rings. The van der Waals surface area contributed by atoms with Gasteiger partial charge in [0.1, 0.15) is 12.4 Å². The summed E-state index contributed by atoms with van der Waals surface area (Å²) < 4.78 is 45.6. The molecule has 2 aromatic carbocycles. The van der Waals surface area contributed by atoms with Crippen LogP contribution in [0.3, 0.4) is 0 Å². The quantitative estimate of drug-likeness (QED) is 0.568. The van der Waals surface area contributed by atoms with Gasteiger partial charge in [0.25, 0.3) is 0 Å². The highest BCUT2D eigenvalue weighted by Gasteiger charge is 2.18. The van der Waals surface area contributed by atoms with E-state index >= 15 is 0 Å². The third-order valence-electron chi connectivity index (χ3n) is 4.55. The number of methoxy groups -OCH3 is 1. The third kappa shape index (κ3) is 7.52. The van der Waals surface area contributed by atoms with Crippen LogP contribution in [0.1, 0.15) is 24.5 Å². The van der Waals surface area contributed by atoms with Crippen LogP contribution in [-0.4, -0.2) is 52.8 Å². The summed E-state index contributed by atoms with van der Waals surface area (Å²) >= 11 is 0. The van der Waals surface area contributed by atoms with Crippen molar-refractivity contribution in [3.63, 3.8) is 0 Å². The molecule has 0 atom stereocenters. The van der Waals surface area contributed by atoms with Crippen molar-refractivity contribution in [1.29, 1.82) is 0 Å². The van der Waals surface area contributed by atoms with Gasteiger partial charge in [-0.25, -0.2) is 12.8 Å². The van der Waals surface area contributed by atoms with Gasteiger partial charge in [0.2, 0.25) is 15.9 Å². The van der Waals surface area contributed by atoms with Crippen LogP contribution < -0.4 is 9.62 Å². The van der Waals surface area contributed by atoms with Crippen LogP contribution in [0.15, 0.2) is 42.5 Å². The molecule has 0 saturated heterocycles. The Morgan fingerprint density at radius 3 is 2.48 bits per heavy atom. The molecule has 0 unspecified atom stereocenters. The van der Waals surface area contributed by atoms with Crippen molar-refractivity contribution < 1.29 is 22.3 Å². The number of ether oxygens (including phenoxy) is 1. The molecule has 0 bridgehead atoms. The molecule has 1 amide bonds. The normalized spacial score (nSPS) is 11.3. The first-order chi connectivity index (χ1) is 14.6. The Morgan fingerprint density at radius 2 is 1.87 bits per heavy atom. The maximum Gasteiger partial charge on any atom is 0.249 e. The molecule has 2 aromatic rings. The summed E-state index contributed by atoms with van der Waals surface area (Å²) in [6, 6.07) is 11.3. The smallest absolute Gasteiger partial charge is 0.249 e. The van der Waals surface area contributed by atoms with Crippen molar-refractivity contribution in [2.24, 2.45) is 0 Å². The lowest BCUT2D eigenvalue weighted by Crippen LogP contribution is -2.33. The molecule has 2 rings (SSSR count). The lowest BCUT2D eigenvalue weighted by molar-refractivity contribution is -0.136. The second kappa shape index (κ2) is 11.1. The van der Waals surface area contributed by atoms with Gasteiger partial charge in [-0.2, -0.15) is 0 Å². The van der Waals surface area contributed by atoms with Gasteiger partial charge in [-0.3, -0.25) is 9.52 Å². The van der Waals surface area contributed by atoms with Crippen LogP contribution in [0.2, 0.25) is 0 Å². The van der Waals surface area contributed by atoms with Crippen LogP contribution in [-0.2, 0) is 32.6 Å². The summed E-state index contributed by atoms with van der Waals surface area (Å²) in [5.41, 5.74) is 2.67. The van der Waals surface area contributed by atoms with Gasteiger partial charge in [0.05, 0.1) is 5.75 Å². The molecule has 0 aromatic heterocycles. The number of benzene rings is 2. The third-order valence-corrected chi connectivity index (χ3v) is 6.04. The van der Waals surface area contributed by atoms with Crippen LogP contribution in [0.25, 0.3) is 0 Å². The molecule has 0 radical (unpaired) electrons. The zero-order valence-corrected chi connectivity index (χ0v) is 19.2. The molecule has 0 aliphatic heterocycles. The van der Waals surface area contributed by atoms with Crippen LogP contribution >= 0.6 is 0 Å². The number of hydrogen-bond donors (Lipinski definition) is 1. The molecule has 0 fully saturated rings. The molecule has 0 aliphatic carbocycles. The largest absolute Gasteiger partial charge is 0.377 e. The van der Waals surface area contributed by atoms with Crippen molar-refractivity contribution in [3.05, 3.63) is 59.4 Å². The van der Waals surface area contributed by atoms with E-state index in [2.05, 4.69) is 4.72 Å². The van der Waals surface area contributed by atoms with E-state index in [-0.39, 0.29) is 37.2 Å². The number of halogens is 1. The average Bonchev–Trinajstić information content (AvgIpc) is 2.67. The van der Waals surface area contributed by atoms with Crippen molar-refractivity contribution in [2.45, 2.75) is 26.4 Å². The second-order valence-corrected chi connectivity index (χ2v) is 9.31. The Labute approximate surface area is 183 Å². The highest BCUT2D eigenvalue weighted by molar-refractivity contribution is 7.92. The van der Waals surface area contributed by atoms with Gasteiger partial charge in [-0.15, -0.1) is 0 Å². The van der Waals surface area contributed by atoms with Crippen molar-refractivity contribution >= 4 is 27.3 Å². The van der Waals surface area contributed by atoms with Gasteiger partial charge < -0.3 is 14.5 Å². The molecule has 170 valence electrons. The van der Waals surface area contributed by atoms with E-state index in [9.17, 15) is 17.6 Å². The number of hydrogen-bond acceptors (Lipinski definition) is 5. The van der Waals surface area contributed by atoms with E-state index in [1.165, 1.54) is 19.2 Å². The topological polar surface area (TPSA) is 79.0 Å². The number of rotatable bonds is 11. The molecule has 0 saturated carbocycles. The van der Waals surface area contributed by atoms with Gasteiger partial charge in [0, 0.05) is 45.7 Å². The number of amides is 1. The first-order valence-electron chi connectivity index (χ1n) is 9.97. The minimum atomic E-state index is -3.45. The molecule has 0 spiro atoms. The average molecular weight is 452 g/mol. The summed E-state index contributed by atoms with van der Waals surface area (Å²) in [5, 5.41) is 0. The Bertz CT molecular complexity index is 996. The Morgan fingerprint density at radius 1 is 1.13 bits per heavy atom. The Kier molecular flexibility index (Phi) is 8.82. The maximum absolute atomic E-state index is 13.6. The van der Waals surface area contributed by atoms with E-state index in [1.807, 2.05) is 19.0 Å². The summed E-state index contributed by atoms with van der Waals surface area (Å²) in [6.07, 6.45) is 0.505. The molecule has 7 nitrogen and oxygen atoms in total. The highest BCUT2D eigenvalue weighted by Crippen LogP contribution is 2.26. The fourth-order valence-electron chi connectivity index (χ4n) is 3.22. The monoisotopic (exact) mass is 451 g/mol. The summed E-state index contributed by atoms with van der Waals surface area (Å²) in [7, 11) is 1.73. The van der Waals surface area contributed by atoms with E-state index in [1.54, 1.807) is 42.2 Å². The van der Waals surface area contributed by atoms with Crippen LogP contribution in [0.4, 0.5) is 15.8 Å². The highest BCUT2D eigenvalue weighted by atomic mass is 32.2. The molecule has 31 heavy (non-hydrogen) atoms. The number of sulfonamides is 1. The van der Waals surface area contributed by atoms with Gasteiger partial charge in [-0.05, 0) is 47.9 Å². The van der Waals surface area contributed by atoms with Crippen molar-refractivity contribution in [2.75, 3.05) is 43.2 Å². The predicted octanol–water partition coefficient (Wildman–Crippen LogP) is 3.22. The fourth-order valence-corrected chi connectivity index (χ4v) is 4.35. The number of carbonyl (C=O) groups is 1. The number of anilines is 2. The Hall–Kier alpha value is -2.65. The fraction of sp³-hybridized carbons (Fsp3) is 0.409. The van der Waals surface area contributed by atoms with Crippen molar-refractivity contribution in [3.8, 4) is 0 Å². The summed E-state index contributed by atoms with van der Waals surface area (Å²) in [4.78, 5) is 16.1. The molecular weight excluding hydrogens is 421 g/mol. The predicted molar refractivity (Wildman–Crippen MR) is 121 cm³/mol. The van der Waals surface area contributed by atoms with E-state index in [0.717, 1.165) is 11.3 Å². The van der Waals surface area contributed by atoms with Crippen molar-refractivity contribution in [1.82, 2.24) is 4.90 Å². The SMILES string of the molecule is CCCS(=O)(=O)Nc1ccc(N(C)C)c(CN(Cc2cccc(F)c2)C(=O)COC)c1. The zero-order valence-electron chi connectivity index (χ0n) is 18.4. The molecule has 1 N–H and O–H groups in total. The molecule has 0 heterocycles. The maximum atomic E-state index is 13.6. The second-order valence-electron chi connectivity index (χ2n) is 7.47. The van der Waals surface area contributed by atoms with Gasteiger partial charge in [0.15, 0.2) is 0 Å². The number of nitrogens with one attached hydrogen (secondary N) is 1. The minimum absolute atomic E-state index is 0.0236. The number of nitrogens with zero attached hydrogens (tertiary/aromatic N) is 2. The van der Waals surface area contributed by atoms with E-state index in [4.69, 9.17) is 4.74 Å². The molecular formula is C22H30FN3O4S. The molecule has 9 heteroatoms. The zero-order chi connectivity index (χ0) is 23.0. The lowest BCUT2D eigenvalue weighted by atomic mass is 10.1. The standard InChI is InChI=1S/C22H30FN3O4S/c1-5-11-31(28,29)24-20-9-10-21(25(2)3)18(13-20)15-26(22(27)16-30-4)14-17-7-6-8-19(23)12-17/h6-10,12-13,24H,5,11,14-16H2,1-4H3. The Balaban J connectivity index is 2.38. The van der Waals surface area contributed by atoms with Gasteiger partial charge in [-0.1, -0.05) is 19.1 Å². The summed E-state index contributed by atoms with van der Waals surface area (Å²) in [6.45, 7) is 2.08.